The second-order valence-corrected chi connectivity index (χ2v) is 13.1. The third kappa shape index (κ3) is 4.04. The van der Waals surface area contributed by atoms with Crippen LogP contribution in [0.4, 0.5) is 0 Å². The molecule has 4 heterocycles. The first-order valence-electron chi connectivity index (χ1n) is 15.8. The Kier molecular flexibility index (Phi) is 5.86. The molecule has 0 fully saturated rings. The molecule has 0 amide bonds. The number of thiazole rings is 1. The lowest BCUT2D eigenvalue weighted by Gasteiger charge is -2.12. The van der Waals surface area contributed by atoms with Crippen LogP contribution in [0, 0.1) is 6.92 Å². The molecule has 0 saturated carbocycles. The van der Waals surface area contributed by atoms with Crippen LogP contribution in [0.15, 0.2) is 138 Å². The maximum Gasteiger partial charge on any atom is 0.164 e. The molecular weight excluding hydrogens is 611 g/mol. The van der Waals surface area contributed by atoms with Crippen LogP contribution in [0.1, 0.15) is 5.01 Å². The summed E-state index contributed by atoms with van der Waals surface area (Å²) in [6.45, 7) is 2.08. The lowest BCUT2D eigenvalue weighted by molar-refractivity contribution is 0.671. The van der Waals surface area contributed by atoms with E-state index in [9.17, 15) is 0 Å². The highest BCUT2D eigenvalue weighted by Crippen LogP contribution is 2.47. The molecular formula is C41H25N5OS. The number of nitrogens with zero attached hydrogens (tertiary/aromatic N) is 5. The van der Waals surface area contributed by atoms with Gasteiger partial charge in [-0.05, 0) is 31.2 Å². The summed E-state index contributed by atoms with van der Waals surface area (Å²) in [6, 6.07) is 45.4. The summed E-state index contributed by atoms with van der Waals surface area (Å²) >= 11 is 1.73. The maximum absolute atomic E-state index is 6.74. The van der Waals surface area contributed by atoms with Crippen LogP contribution in [0.5, 0.6) is 0 Å². The summed E-state index contributed by atoms with van der Waals surface area (Å²) in [4.78, 5) is 20.0. The van der Waals surface area contributed by atoms with E-state index in [1.165, 1.54) is 0 Å². The third-order valence-electron chi connectivity index (χ3n) is 8.95. The number of aromatic nitrogens is 5. The molecule has 7 heteroatoms. The van der Waals surface area contributed by atoms with E-state index >= 15 is 0 Å². The van der Waals surface area contributed by atoms with Gasteiger partial charge in [-0.2, -0.15) is 0 Å². The number of furan rings is 1. The lowest BCUT2D eigenvalue weighted by atomic mass is 10.1. The van der Waals surface area contributed by atoms with Crippen molar-refractivity contribution < 1.29 is 4.42 Å². The number of benzene rings is 6. The minimum atomic E-state index is 0.608. The summed E-state index contributed by atoms with van der Waals surface area (Å²) in [5.74, 6) is 1.87. The molecule has 226 valence electrons. The zero-order valence-corrected chi connectivity index (χ0v) is 26.6. The first-order valence-corrected chi connectivity index (χ1v) is 16.6. The minimum Gasteiger partial charge on any atom is -0.454 e. The first kappa shape index (κ1) is 27.0. The van der Waals surface area contributed by atoms with Crippen LogP contribution in [-0.4, -0.2) is 24.5 Å². The van der Waals surface area contributed by atoms with E-state index < -0.39 is 0 Å². The third-order valence-corrected chi connectivity index (χ3v) is 9.93. The SMILES string of the molecule is Cc1nc2c(s1)c1c3ccccc3oc1c1c2c2ccccc2n1-c1cccc(-c2nc(-c3ccccc3)nc(-c3ccccc3)n2)c1. The van der Waals surface area contributed by atoms with Crippen molar-refractivity contribution >= 4 is 65.3 Å². The van der Waals surface area contributed by atoms with E-state index in [1.54, 1.807) is 11.3 Å². The molecule has 0 bridgehead atoms. The normalized spacial score (nSPS) is 11.9. The zero-order valence-electron chi connectivity index (χ0n) is 25.8. The van der Waals surface area contributed by atoms with Crippen molar-refractivity contribution in [1.82, 2.24) is 24.5 Å². The van der Waals surface area contributed by atoms with Crippen molar-refractivity contribution in [2.24, 2.45) is 0 Å². The van der Waals surface area contributed by atoms with Gasteiger partial charge in [-0.1, -0.05) is 109 Å². The highest BCUT2D eigenvalue weighted by atomic mass is 32.1. The van der Waals surface area contributed by atoms with E-state index in [4.69, 9.17) is 24.4 Å². The fraction of sp³-hybridized carbons (Fsp3) is 0.0244. The van der Waals surface area contributed by atoms with Gasteiger partial charge in [0.05, 0.1) is 20.7 Å². The number of aryl methyl sites for hydroxylation is 1. The molecule has 6 nitrogen and oxygen atoms in total. The van der Waals surface area contributed by atoms with Gasteiger partial charge in [0.25, 0.3) is 0 Å². The first-order chi connectivity index (χ1) is 23.7. The second-order valence-electron chi connectivity index (χ2n) is 11.9. The average Bonchev–Trinajstić information content (AvgIpc) is 3.83. The Morgan fingerprint density at radius 3 is 1.90 bits per heavy atom. The van der Waals surface area contributed by atoms with Gasteiger partial charge in [-0.3, -0.25) is 0 Å². The molecule has 0 aliphatic heterocycles. The Morgan fingerprint density at radius 1 is 0.562 bits per heavy atom. The Morgan fingerprint density at radius 2 is 1.17 bits per heavy atom. The number of hydrogen-bond donors (Lipinski definition) is 0. The Balaban J connectivity index is 1.28. The quantitative estimate of drug-likeness (QED) is 0.192. The molecule has 48 heavy (non-hydrogen) atoms. The van der Waals surface area contributed by atoms with Gasteiger partial charge < -0.3 is 8.98 Å². The fourth-order valence-electron chi connectivity index (χ4n) is 6.89. The minimum absolute atomic E-state index is 0.608. The Hall–Kier alpha value is -6.18. The van der Waals surface area contributed by atoms with Gasteiger partial charge >= 0.3 is 0 Å². The smallest absolute Gasteiger partial charge is 0.164 e. The van der Waals surface area contributed by atoms with Gasteiger partial charge in [-0.15, -0.1) is 11.3 Å². The molecule has 0 N–H and O–H groups in total. The Labute approximate surface area is 278 Å². The summed E-state index contributed by atoms with van der Waals surface area (Å²) in [6.07, 6.45) is 0. The summed E-state index contributed by atoms with van der Waals surface area (Å²) in [7, 11) is 0. The molecule has 0 radical (unpaired) electrons. The highest BCUT2D eigenvalue weighted by Gasteiger charge is 2.25. The van der Waals surface area contributed by atoms with Gasteiger partial charge in [-0.25, -0.2) is 19.9 Å². The summed E-state index contributed by atoms with van der Waals surface area (Å²) in [5, 5.41) is 5.46. The predicted octanol–water partition coefficient (Wildman–Crippen LogP) is 10.8. The zero-order chi connectivity index (χ0) is 31.8. The van der Waals surface area contributed by atoms with E-state index in [0.717, 1.165) is 81.3 Å². The molecule has 0 atom stereocenters. The predicted molar refractivity (Wildman–Crippen MR) is 196 cm³/mol. The summed E-state index contributed by atoms with van der Waals surface area (Å²) in [5.41, 5.74) is 8.56. The average molecular weight is 636 g/mol. The van der Waals surface area contributed by atoms with Crippen molar-refractivity contribution in [3.05, 3.63) is 138 Å². The molecule has 6 aromatic carbocycles. The number of fused-ring (bicyclic) bond motifs is 10. The van der Waals surface area contributed by atoms with Crippen LogP contribution in [-0.2, 0) is 0 Å². The molecule has 4 aromatic heterocycles. The maximum atomic E-state index is 6.74. The Bertz CT molecular complexity index is 2790. The number of para-hydroxylation sites is 2. The van der Waals surface area contributed by atoms with Crippen molar-refractivity contribution in [2.75, 3.05) is 0 Å². The van der Waals surface area contributed by atoms with Crippen molar-refractivity contribution in [3.63, 3.8) is 0 Å². The molecule has 0 spiro atoms. The van der Waals surface area contributed by atoms with Crippen LogP contribution in [0.25, 0.3) is 93.8 Å². The largest absolute Gasteiger partial charge is 0.454 e. The van der Waals surface area contributed by atoms with Crippen molar-refractivity contribution in [3.8, 4) is 39.9 Å². The van der Waals surface area contributed by atoms with Crippen LogP contribution in [0.2, 0.25) is 0 Å². The molecule has 0 aliphatic carbocycles. The molecule has 0 aliphatic rings. The molecule has 10 aromatic rings. The van der Waals surface area contributed by atoms with Gasteiger partial charge in [0.2, 0.25) is 0 Å². The topological polar surface area (TPSA) is 69.6 Å². The molecule has 0 unspecified atom stereocenters. The van der Waals surface area contributed by atoms with Gasteiger partial charge in [0.15, 0.2) is 23.1 Å². The van der Waals surface area contributed by atoms with E-state index in [1.807, 2.05) is 72.8 Å². The summed E-state index contributed by atoms with van der Waals surface area (Å²) < 4.78 is 10.2. The van der Waals surface area contributed by atoms with Gasteiger partial charge in [0.1, 0.15) is 11.1 Å². The number of rotatable bonds is 4. The lowest BCUT2D eigenvalue weighted by Crippen LogP contribution is -2.01. The van der Waals surface area contributed by atoms with Crippen molar-refractivity contribution in [2.45, 2.75) is 6.92 Å². The fourth-order valence-corrected chi connectivity index (χ4v) is 7.87. The van der Waals surface area contributed by atoms with E-state index in [-0.39, 0.29) is 0 Å². The highest BCUT2D eigenvalue weighted by molar-refractivity contribution is 7.19. The van der Waals surface area contributed by atoms with E-state index in [0.29, 0.717) is 17.5 Å². The van der Waals surface area contributed by atoms with Crippen LogP contribution in [0.3, 0.4) is 0 Å². The standard InChI is InChI=1S/C41H25N5OS/c1-24-42-35-33-29-19-8-10-21-31(29)46(36(33)37-34(38(35)48-24)30-20-9-11-22-32(30)47-37)28-18-12-17-27(23-28)41-44-39(25-13-4-2-5-14-25)43-40(45-41)26-15-6-3-7-16-26/h2-23H,1H3. The van der Waals surface area contributed by atoms with Crippen LogP contribution >= 0.6 is 11.3 Å². The second kappa shape index (κ2) is 10.4. The molecule has 0 saturated heterocycles. The number of hydrogen-bond acceptors (Lipinski definition) is 6. The van der Waals surface area contributed by atoms with Crippen molar-refractivity contribution in [1.29, 1.82) is 0 Å². The van der Waals surface area contributed by atoms with E-state index in [2.05, 4.69) is 72.2 Å². The monoisotopic (exact) mass is 635 g/mol. The molecule has 10 rings (SSSR count). The van der Waals surface area contributed by atoms with Crippen LogP contribution < -0.4 is 0 Å². The van der Waals surface area contributed by atoms with Gasteiger partial charge in [0, 0.05) is 43.9 Å².